The lowest BCUT2D eigenvalue weighted by molar-refractivity contribution is -0.230. The van der Waals surface area contributed by atoms with Crippen LogP contribution in [0, 0.1) is 34.0 Å². The molecule has 0 aromatic rings. The fourth-order valence-electron chi connectivity index (χ4n) is 8.76. The molecule has 6 fully saturated rings. The van der Waals surface area contributed by atoms with E-state index in [-0.39, 0.29) is 11.0 Å². The minimum Gasteiger partial charge on any atom is -0.396 e. The van der Waals surface area contributed by atoms with E-state index in [1.54, 1.807) is 0 Å². The number of aliphatic hydroxyl groups is 1. The Morgan fingerprint density at radius 2 is 1.95 bits per heavy atom. The zero-order valence-electron chi connectivity index (χ0n) is 14.5. The average molecular weight is 304 g/mol. The Hall–Kier alpha value is -0.0800. The number of fused-ring (bicyclic) bond motifs is 1. The molecule has 0 aromatic heterocycles. The molecule has 0 aromatic carbocycles. The molecule has 2 heteroatoms. The second-order valence-corrected chi connectivity index (χ2v) is 10.4. The zero-order chi connectivity index (χ0) is 15.4. The Bertz CT molecular complexity index is 518. The summed E-state index contributed by atoms with van der Waals surface area (Å²) in [4.78, 5) is 0. The van der Waals surface area contributed by atoms with E-state index in [1.165, 1.54) is 51.4 Å². The molecule has 2 aliphatic heterocycles. The molecule has 1 spiro atoms. The quantitative estimate of drug-likeness (QED) is 0.788. The van der Waals surface area contributed by atoms with Crippen LogP contribution >= 0.6 is 0 Å². The van der Waals surface area contributed by atoms with Crippen LogP contribution in [0.25, 0.3) is 0 Å². The van der Waals surface area contributed by atoms with Gasteiger partial charge in [-0.25, -0.2) is 0 Å². The summed E-state index contributed by atoms with van der Waals surface area (Å²) in [5, 5.41) is 10.1. The van der Waals surface area contributed by atoms with Crippen molar-refractivity contribution in [1.82, 2.24) is 0 Å². The standard InChI is InChI=1S/C20H32O2/c1-17(12-21)6-4-7-18(2)15(17)5-8-20-10-13-9-14(16(18)20)22-19(13,3)11-20/h13-16,21H,4-12H2,1-3H3/t13-,14+,15-,16+,17+,18-,19+,20+/m1/s1. The second-order valence-electron chi connectivity index (χ2n) is 10.4. The van der Waals surface area contributed by atoms with E-state index < -0.39 is 0 Å². The highest BCUT2D eigenvalue weighted by molar-refractivity contribution is 5.22. The molecule has 6 aliphatic rings. The maximum Gasteiger partial charge on any atom is 0.0693 e. The number of ether oxygens (including phenoxy) is 1. The molecule has 2 heterocycles. The normalized spacial score (nSPS) is 65.5. The van der Waals surface area contributed by atoms with E-state index in [1.807, 2.05) is 0 Å². The van der Waals surface area contributed by atoms with Gasteiger partial charge >= 0.3 is 0 Å². The van der Waals surface area contributed by atoms with Crippen LogP contribution in [0.15, 0.2) is 0 Å². The van der Waals surface area contributed by atoms with Gasteiger partial charge in [0.05, 0.1) is 11.7 Å². The molecule has 2 saturated heterocycles. The van der Waals surface area contributed by atoms with Gasteiger partial charge in [-0.05, 0) is 85.9 Å². The molecule has 8 atom stereocenters. The summed E-state index contributed by atoms with van der Waals surface area (Å²) in [5.41, 5.74) is 1.34. The molecular weight excluding hydrogens is 272 g/mol. The van der Waals surface area contributed by atoms with Crippen LogP contribution in [0.5, 0.6) is 0 Å². The van der Waals surface area contributed by atoms with Crippen molar-refractivity contribution in [3.63, 3.8) is 0 Å². The first-order valence-corrected chi connectivity index (χ1v) is 9.64. The fourth-order valence-corrected chi connectivity index (χ4v) is 8.76. The minimum atomic E-state index is 0.150. The largest absolute Gasteiger partial charge is 0.396 e. The van der Waals surface area contributed by atoms with Crippen molar-refractivity contribution < 1.29 is 9.84 Å². The molecule has 0 unspecified atom stereocenters. The molecule has 1 N–H and O–H groups in total. The summed E-state index contributed by atoms with van der Waals surface area (Å²) in [6, 6.07) is 0. The molecule has 4 aliphatic carbocycles. The molecule has 0 radical (unpaired) electrons. The summed E-state index contributed by atoms with van der Waals surface area (Å²) in [6.07, 6.45) is 11.2. The Morgan fingerprint density at radius 3 is 2.68 bits per heavy atom. The molecule has 22 heavy (non-hydrogen) atoms. The Morgan fingerprint density at radius 1 is 1.14 bits per heavy atom. The predicted molar refractivity (Wildman–Crippen MR) is 86.4 cm³/mol. The first-order chi connectivity index (χ1) is 10.4. The van der Waals surface area contributed by atoms with Gasteiger partial charge in [-0.1, -0.05) is 20.3 Å². The number of hydrogen-bond acceptors (Lipinski definition) is 2. The van der Waals surface area contributed by atoms with E-state index in [2.05, 4.69) is 20.8 Å². The highest BCUT2D eigenvalue weighted by Gasteiger charge is 2.73. The van der Waals surface area contributed by atoms with Gasteiger partial charge in [-0.2, -0.15) is 0 Å². The molecule has 4 bridgehead atoms. The first kappa shape index (κ1) is 14.3. The van der Waals surface area contributed by atoms with Crippen LogP contribution in [0.2, 0.25) is 0 Å². The fraction of sp³-hybridized carbons (Fsp3) is 1.00. The summed E-state index contributed by atoms with van der Waals surface area (Å²) in [5.74, 6) is 2.29. The third-order valence-electron chi connectivity index (χ3n) is 9.29. The first-order valence-electron chi connectivity index (χ1n) is 9.64. The van der Waals surface area contributed by atoms with Crippen molar-refractivity contribution in [3.05, 3.63) is 0 Å². The molecule has 0 amide bonds. The van der Waals surface area contributed by atoms with Crippen molar-refractivity contribution in [1.29, 1.82) is 0 Å². The number of hydrogen-bond donors (Lipinski definition) is 1. The van der Waals surface area contributed by atoms with E-state index in [4.69, 9.17) is 4.74 Å². The van der Waals surface area contributed by atoms with Crippen molar-refractivity contribution in [2.45, 2.75) is 83.8 Å². The van der Waals surface area contributed by atoms with Crippen molar-refractivity contribution in [2.75, 3.05) is 6.61 Å². The molecule has 2 nitrogen and oxygen atoms in total. The molecule has 4 saturated carbocycles. The van der Waals surface area contributed by atoms with E-state index >= 15 is 0 Å². The van der Waals surface area contributed by atoms with Gasteiger partial charge in [-0.15, -0.1) is 0 Å². The third kappa shape index (κ3) is 1.42. The lowest BCUT2D eigenvalue weighted by Gasteiger charge is -2.66. The Balaban J connectivity index is 1.59. The van der Waals surface area contributed by atoms with Crippen molar-refractivity contribution >= 4 is 0 Å². The lowest BCUT2D eigenvalue weighted by atomic mass is 9.40. The summed E-state index contributed by atoms with van der Waals surface area (Å²) >= 11 is 0. The van der Waals surface area contributed by atoms with Gasteiger partial charge in [0, 0.05) is 6.61 Å². The van der Waals surface area contributed by atoms with Crippen LogP contribution in [0.1, 0.15) is 72.1 Å². The zero-order valence-corrected chi connectivity index (χ0v) is 14.5. The lowest BCUT2D eigenvalue weighted by Crippen LogP contribution is -2.62. The Kier molecular flexibility index (Phi) is 2.56. The summed E-state index contributed by atoms with van der Waals surface area (Å²) < 4.78 is 6.66. The van der Waals surface area contributed by atoms with Gasteiger partial charge < -0.3 is 9.84 Å². The van der Waals surface area contributed by atoms with E-state index in [9.17, 15) is 5.11 Å². The minimum absolute atomic E-state index is 0.150. The predicted octanol–water partition coefficient (Wildman–Crippen LogP) is 4.16. The Labute approximate surface area is 135 Å². The van der Waals surface area contributed by atoms with Gasteiger partial charge in [0.15, 0.2) is 0 Å². The van der Waals surface area contributed by atoms with Crippen LogP contribution in [-0.4, -0.2) is 23.4 Å². The van der Waals surface area contributed by atoms with E-state index in [0.717, 1.165) is 11.8 Å². The second kappa shape index (κ2) is 3.94. The van der Waals surface area contributed by atoms with Crippen LogP contribution in [-0.2, 0) is 4.74 Å². The third-order valence-corrected chi connectivity index (χ3v) is 9.29. The SMILES string of the molecule is C[C@@]1(CO)CCC[C@]2(C)[C@@H]1CC[C@]13C[C@H]4C[C@H](O[C@@]4(C)C1)[C@H]32. The highest BCUT2D eigenvalue weighted by Crippen LogP contribution is 2.76. The smallest absolute Gasteiger partial charge is 0.0693 e. The summed E-state index contributed by atoms with van der Waals surface area (Å²) in [6.45, 7) is 7.71. The molecule has 6 rings (SSSR count). The number of aliphatic hydroxyl groups excluding tert-OH is 1. The molecule has 124 valence electrons. The van der Waals surface area contributed by atoms with Crippen molar-refractivity contribution in [2.24, 2.45) is 34.0 Å². The van der Waals surface area contributed by atoms with Gasteiger partial charge in [0.1, 0.15) is 0 Å². The van der Waals surface area contributed by atoms with Crippen LogP contribution < -0.4 is 0 Å². The van der Waals surface area contributed by atoms with E-state index in [0.29, 0.717) is 29.5 Å². The number of rotatable bonds is 1. The van der Waals surface area contributed by atoms with Gasteiger partial charge in [0.2, 0.25) is 0 Å². The maximum atomic E-state index is 10.1. The monoisotopic (exact) mass is 304 g/mol. The molecular formula is C20H32O2. The topological polar surface area (TPSA) is 29.5 Å². The summed E-state index contributed by atoms with van der Waals surface area (Å²) in [7, 11) is 0. The maximum absolute atomic E-state index is 10.1. The van der Waals surface area contributed by atoms with Crippen LogP contribution in [0.4, 0.5) is 0 Å². The van der Waals surface area contributed by atoms with Gasteiger partial charge in [-0.3, -0.25) is 0 Å². The van der Waals surface area contributed by atoms with Gasteiger partial charge in [0.25, 0.3) is 0 Å². The van der Waals surface area contributed by atoms with Crippen LogP contribution in [0.3, 0.4) is 0 Å². The van der Waals surface area contributed by atoms with Crippen molar-refractivity contribution in [3.8, 4) is 0 Å². The highest BCUT2D eigenvalue weighted by atomic mass is 16.5. The average Bonchev–Trinajstić information content (AvgIpc) is 2.80.